The quantitative estimate of drug-likeness (QED) is 0.795. The van der Waals surface area contributed by atoms with Gasteiger partial charge in [0, 0.05) is 11.8 Å². The minimum absolute atomic E-state index is 0.724. The van der Waals surface area contributed by atoms with Gasteiger partial charge in [0.15, 0.2) is 5.17 Å². The van der Waals surface area contributed by atoms with Crippen molar-refractivity contribution in [2.45, 2.75) is 57.0 Å². The monoisotopic (exact) mass is 276 g/mol. The topological polar surface area (TPSA) is 24.4 Å². The van der Waals surface area contributed by atoms with E-state index in [0.717, 1.165) is 41.7 Å². The van der Waals surface area contributed by atoms with Gasteiger partial charge in [-0.1, -0.05) is 24.6 Å². The van der Waals surface area contributed by atoms with Crippen molar-refractivity contribution < 1.29 is 0 Å². The predicted molar refractivity (Wildman–Crippen MR) is 80.4 cm³/mol. The van der Waals surface area contributed by atoms with E-state index in [-0.39, 0.29) is 0 Å². The van der Waals surface area contributed by atoms with Gasteiger partial charge in [0.05, 0.1) is 6.04 Å². The number of fused-ring (bicyclic) bond motifs is 6. The van der Waals surface area contributed by atoms with Gasteiger partial charge < -0.3 is 5.32 Å². The molecule has 0 spiro atoms. The molecule has 5 rings (SSSR count). The summed E-state index contributed by atoms with van der Waals surface area (Å²) >= 11 is 2.02. The van der Waals surface area contributed by atoms with Gasteiger partial charge in [-0.25, -0.2) is 0 Å². The van der Waals surface area contributed by atoms with E-state index >= 15 is 0 Å². The van der Waals surface area contributed by atoms with E-state index < -0.39 is 0 Å². The van der Waals surface area contributed by atoms with Crippen LogP contribution < -0.4 is 5.32 Å². The van der Waals surface area contributed by atoms with Crippen LogP contribution in [0, 0.1) is 29.6 Å². The maximum Gasteiger partial charge on any atom is 0.157 e. The number of thioether (sulfide) groups is 1. The summed E-state index contributed by atoms with van der Waals surface area (Å²) in [7, 11) is 0. The van der Waals surface area contributed by atoms with Gasteiger partial charge in [0.25, 0.3) is 0 Å². The minimum atomic E-state index is 0.724. The van der Waals surface area contributed by atoms with E-state index in [1.165, 1.54) is 49.4 Å². The molecule has 1 heterocycles. The van der Waals surface area contributed by atoms with E-state index in [0.29, 0.717) is 0 Å². The number of amidine groups is 1. The van der Waals surface area contributed by atoms with Gasteiger partial charge in [-0.2, -0.15) is 0 Å². The van der Waals surface area contributed by atoms with Crippen molar-refractivity contribution in [1.29, 1.82) is 0 Å². The molecule has 0 aromatic rings. The summed E-state index contributed by atoms with van der Waals surface area (Å²) in [5.74, 6) is 6.36. The highest BCUT2D eigenvalue weighted by Crippen LogP contribution is 2.67. The van der Waals surface area contributed by atoms with Crippen LogP contribution in [-0.4, -0.2) is 23.0 Å². The summed E-state index contributed by atoms with van der Waals surface area (Å²) in [6.45, 7) is 0. The third kappa shape index (κ3) is 1.73. The first kappa shape index (κ1) is 11.5. The van der Waals surface area contributed by atoms with E-state index in [2.05, 4.69) is 5.32 Å². The van der Waals surface area contributed by atoms with E-state index in [4.69, 9.17) is 4.99 Å². The summed E-state index contributed by atoms with van der Waals surface area (Å²) in [5.41, 5.74) is 0. The molecule has 4 saturated carbocycles. The van der Waals surface area contributed by atoms with E-state index in [1.54, 1.807) is 6.42 Å². The zero-order valence-electron chi connectivity index (χ0n) is 11.6. The number of hydrogen-bond acceptors (Lipinski definition) is 2. The molecule has 2 bridgehead atoms. The second-order valence-electron chi connectivity index (χ2n) is 7.52. The van der Waals surface area contributed by atoms with Crippen molar-refractivity contribution in [2.75, 3.05) is 5.75 Å². The predicted octanol–water partition coefficient (Wildman–Crippen LogP) is 3.28. The first-order chi connectivity index (χ1) is 9.40. The van der Waals surface area contributed by atoms with Crippen molar-refractivity contribution in [2.24, 2.45) is 34.6 Å². The van der Waals surface area contributed by atoms with Gasteiger partial charge in [0.2, 0.25) is 0 Å². The van der Waals surface area contributed by atoms with Gasteiger partial charge in [-0.05, 0) is 61.7 Å². The van der Waals surface area contributed by atoms with Gasteiger partial charge >= 0.3 is 0 Å². The van der Waals surface area contributed by atoms with Gasteiger partial charge in [-0.15, -0.1) is 0 Å². The van der Waals surface area contributed by atoms with Crippen LogP contribution in [-0.2, 0) is 0 Å². The zero-order chi connectivity index (χ0) is 12.4. The second-order valence-corrected chi connectivity index (χ2v) is 8.53. The van der Waals surface area contributed by atoms with Crippen LogP contribution in [0.25, 0.3) is 0 Å². The molecule has 1 N–H and O–H groups in total. The zero-order valence-corrected chi connectivity index (χ0v) is 12.4. The summed E-state index contributed by atoms with van der Waals surface area (Å²) in [5, 5.41) is 5.09. The SMILES string of the molecule is C1CCC2NC(=NC3C4C5CCC(C5)C34)SCC2C1. The van der Waals surface area contributed by atoms with E-state index in [1.807, 2.05) is 11.8 Å². The molecule has 5 fully saturated rings. The largest absolute Gasteiger partial charge is 0.362 e. The Hall–Kier alpha value is -0.180. The standard InChI is InChI=1S/C16H24N2S/c1-2-4-12-11(3-1)8-19-16(17-12)18-15-13-9-5-6-10(7-9)14(13)15/h9-15H,1-8H2,(H,17,18). The van der Waals surface area contributed by atoms with Gasteiger partial charge in [-0.3, -0.25) is 4.99 Å². The van der Waals surface area contributed by atoms with Crippen LogP contribution in [0.3, 0.4) is 0 Å². The first-order valence-electron chi connectivity index (χ1n) is 8.37. The lowest BCUT2D eigenvalue weighted by Crippen LogP contribution is -2.46. The molecule has 0 aromatic heterocycles. The first-order valence-corrected chi connectivity index (χ1v) is 9.36. The van der Waals surface area contributed by atoms with Crippen LogP contribution in [0.1, 0.15) is 44.9 Å². The number of nitrogens with zero attached hydrogens (tertiary/aromatic N) is 1. The number of aliphatic imine (C=N–C) groups is 1. The van der Waals surface area contributed by atoms with Crippen LogP contribution >= 0.6 is 11.8 Å². The normalized spacial score (nSPS) is 56.6. The molecule has 1 saturated heterocycles. The Labute approximate surface area is 120 Å². The molecule has 19 heavy (non-hydrogen) atoms. The Kier molecular flexibility index (Phi) is 2.51. The van der Waals surface area contributed by atoms with Crippen LogP contribution in [0.4, 0.5) is 0 Å². The lowest BCUT2D eigenvalue weighted by molar-refractivity contribution is 0.311. The Bertz CT molecular complexity index is 405. The number of nitrogens with one attached hydrogen (secondary N) is 1. The molecule has 6 atom stereocenters. The molecule has 5 aliphatic rings. The van der Waals surface area contributed by atoms with Crippen molar-refractivity contribution in [3.63, 3.8) is 0 Å². The van der Waals surface area contributed by atoms with Crippen LogP contribution in [0.5, 0.6) is 0 Å². The molecule has 4 aliphatic carbocycles. The number of hydrogen-bond donors (Lipinski definition) is 1. The minimum Gasteiger partial charge on any atom is -0.362 e. The van der Waals surface area contributed by atoms with Crippen molar-refractivity contribution in [1.82, 2.24) is 5.32 Å². The fraction of sp³-hybridized carbons (Fsp3) is 0.938. The Morgan fingerprint density at radius 3 is 2.58 bits per heavy atom. The fourth-order valence-electron chi connectivity index (χ4n) is 5.65. The molecular weight excluding hydrogens is 252 g/mol. The molecule has 0 radical (unpaired) electrons. The maximum absolute atomic E-state index is 5.13. The lowest BCUT2D eigenvalue weighted by Gasteiger charge is -2.37. The third-order valence-corrected chi connectivity index (χ3v) is 7.70. The Morgan fingerprint density at radius 2 is 1.74 bits per heavy atom. The number of rotatable bonds is 1. The molecular formula is C16H24N2S. The molecule has 0 aromatic carbocycles. The Morgan fingerprint density at radius 1 is 0.947 bits per heavy atom. The smallest absolute Gasteiger partial charge is 0.157 e. The Balaban J connectivity index is 1.29. The van der Waals surface area contributed by atoms with Crippen molar-refractivity contribution in [3.05, 3.63) is 0 Å². The molecule has 1 aliphatic heterocycles. The average molecular weight is 276 g/mol. The lowest BCUT2D eigenvalue weighted by atomic mass is 9.86. The highest BCUT2D eigenvalue weighted by molar-refractivity contribution is 8.13. The molecule has 104 valence electrons. The second kappa shape index (κ2) is 4.16. The molecule has 6 unspecified atom stereocenters. The summed E-state index contributed by atoms with van der Waals surface area (Å²) in [4.78, 5) is 5.13. The highest BCUT2D eigenvalue weighted by Gasteiger charge is 2.65. The summed E-state index contributed by atoms with van der Waals surface area (Å²) in [6.07, 6.45) is 10.3. The van der Waals surface area contributed by atoms with Crippen LogP contribution in [0.2, 0.25) is 0 Å². The van der Waals surface area contributed by atoms with E-state index in [9.17, 15) is 0 Å². The maximum atomic E-state index is 5.13. The van der Waals surface area contributed by atoms with Crippen molar-refractivity contribution in [3.8, 4) is 0 Å². The molecule has 0 amide bonds. The summed E-state index contributed by atoms with van der Waals surface area (Å²) < 4.78 is 0. The van der Waals surface area contributed by atoms with Crippen molar-refractivity contribution >= 4 is 16.9 Å². The van der Waals surface area contributed by atoms with Gasteiger partial charge in [0.1, 0.15) is 0 Å². The van der Waals surface area contributed by atoms with Crippen LogP contribution in [0.15, 0.2) is 4.99 Å². The molecule has 2 nitrogen and oxygen atoms in total. The third-order valence-electron chi connectivity index (χ3n) is 6.61. The summed E-state index contributed by atoms with van der Waals surface area (Å²) in [6, 6.07) is 1.48. The highest BCUT2D eigenvalue weighted by atomic mass is 32.2. The fourth-order valence-corrected chi connectivity index (χ4v) is 6.85. The average Bonchev–Trinajstić information content (AvgIpc) is 2.85. The molecule has 3 heteroatoms.